The maximum Gasteiger partial charge on any atom is 0.416 e. The average Bonchev–Trinajstić information content (AvgIpc) is 3.07. The van der Waals surface area contributed by atoms with E-state index in [1.54, 1.807) is 12.1 Å². The Labute approximate surface area is 165 Å². The quantitative estimate of drug-likeness (QED) is 0.745. The highest BCUT2D eigenvalue weighted by Gasteiger charge is 2.36. The van der Waals surface area contributed by atoms with Crippen LogP contribution in [0.4, 0.5) is 24.5 Å². The van der Waals surface area contributed by atoms with Gasteiger partial charge in [0.25, 0.3) is 0 Å². The summed E-state index contributed by atoms with van der Waals surface area (Å²) in [6.45, 7) is 2.03. The number of hydrogen-bond donors (Lipinski definition) is 2. The summed E-state index contributed by atoms with van der Waals surface area (Å²) in [5.74, 6) is -0.837. The van der Waals surface area contributed by atoms with Crippen molar-refractivity contribution in [3.63, 3.8) is 0 Å². The molecule has 1 fully saturated rings. The smallest absolute Gasteiger partial charge is 0.416 e. The summed E-state index contributed by atoms with van der Waals surface area (Å²) in [4.78, 5) is 26.4. The topological polar surface area (TPSA) is 70.7 Å². The van der Waals surface area contributed by atoms with Crippen molar-refractivity contribution in [2.45, 2.75) is 19.5 Å². The third-order valence-electron chi connectivity index (χ3n) is 4.64. The second-order valence-corrected chi connectivity index (χ2v) is 6.77. The fourth-order valence-corrected chi connectivity index (χ4v) is 3.14. The number of aryl methyl sites for hydroxylation is 1. The van der Waals surface area contributed by atoms with E-state index in [2.05, 4.69) is 10.9 Å². The fourth-order valence-electron chi connectivity index (χ4n) is 3.14. The lowest BCUT2D eigenvalue weighted by Crippen LogP contribution is -2.36. The van der Waals surface area contributed by atoms with E-state index in [9.17, 15) is 22.8 Å². The van der Waals surface area contributed by atoms with Crippen LogP contribution in [0.15, 0.2) is 42.5 Å². The minimum atomic E-state index is -4.48. The molecule has 0 spiro atoms. The van der Waals surface area contributed by atoms with Gasteiger partial charge in [-0.05, 0) is 42.8 Å². The van der Waals surface area contributed by atoms with Crippen LogP contribution in [0.5, 0.6) is 5.75 Å². The van der Waals surface area contributed by atoms with Gasteiger partial charge in [-0.3, -0.25) is 20.4 Å². The normalized spacial score (nSPS) is 16.7. The van der Waals surface area contributed by atoms with Crippen molar-refractivity contribution in [3.05, 3.63) is 53.6 Å². The van der Waals surface area contributed by atoms with Gasteiger partial charge >= 0.3 is 6.18 Å². The van der Waals surface area contributed by atoms with Gasteiger partial charge in [-0.2, -0.15) is 13.2 Å². The zero-order valence-corrected chi connectivity index (χ0v) is 15.8. The average molecular weight is 407 g/mol. The summed E-state index contributed by atoms with van der Waals surface area (Å²) in [6, 6.07) is 9.88. The number of hydrazine groups is 1. The largest absolute Gasteiger partial charge is 0.495 e. The molecule has 1 unspecified atom stereocenters. The molecule has 0 aliphatic carbocycles. The van der Waals surface area contributed by atoms with Gasteiger partial charge in [-0.25, -0.2) is 0 Å². The summed E-state index contributed by atoms with van der Waals surface area (Å²) >= 11 is 0. The van der Waals surface area contributed by atoms with E-state index in [0.29, 0.717) is 11.4 Å². The molecule has 2 N–H and O–H groups in total. The first-order valence-corrected chi connectivity index (χ1v) is 8.87. The van der Waals surface area contributed by atoms with E-state index in [0.717, 1.165) is 17.7 Å². The Bertz CT molecular complexity index is 931. The number of rotatable bonds is 5. The predicted octanol–water partition coefficient (Wildman–Crippen LogP) is 3.52. The molecule has 0 aromatic heterocycles. The van der Waals surface area contributed by atoms with Crippen LogP contribution in [0.3, 0.4) is 0 Å². The molecule has 2 amide bonds. The van der Waals surface area contributed by atoms with Crippen molar-refractivity contribution in [2.24, 2.45) is 5.92 Å². The van der Waals surface area contributed by atoms with Crippen molar-refractivity contribution in [1.29, 1.82) is 0 Å². The molecule has 29 heavy (non-hydrogen) atoms. The van der Waals surface area contributed by atoms with Crippen LogP contribution < -0.4 is 20.5 Å². The number of carbonyl (C=O) groups excluding carboxylic acids is 2. The van der Waals surface area contributed by atoms with Gasteiger partial charge in [0.2, 0.25) is 11.8 Å². The Hall–Kier alpha value is -3.23. The number of carbonyl (C=O) groups is 2. The minimum Gasteiger partial charge on any atom is -0.495 e. The van der Waals surface area contributed by atoms with Crippen LogP contribution in [0.1, 0.15) is 17.5 Å². The molecule has 1 saturated heterocycles. The standard InChI is InChI=1S/C20H20F3N3O3/c1-12-6-7-17(29-2)16(8-12)26-11-13(9-18(26)27)19(28)25-24-15-5-3-4-14(10-15)20(21,22)23/h3-8,10,13,24H,9,11H2,1-2H3,(H,25,28). The lowest BCUT2D eigenvalue weighted by atomic mass is 10.1. The number of amides is 2. The fraction of sp³-hybridized carbons (Fsp3) is 0.300. The zero-order valence-electron chi connectivity index (χ0n) is 15.8. The maximum absolute atomic E-state index is 12.8. The van der Waals surface area contributed by atoms with E-state index >= 15 is 0 Å². The molecule has 9 heteroatoms. The number of ether oxygens (including phenoxy) is 1. The number of nitrogens with zero attached hydrogens (tertiary/aromatic N) is 1. The highest BCUT2D eigenvalue weighted by atomic mass is 19.4. The molecule has 1 aliphatic rings. The zero-order chi connectivity index (χ0) is 21.2. The Morgan fingerprint density at radius 2 is 1.97 bits per heavy atom. The molecule has 6 nitrogen and oxygen atoms in total. The van der Waals surface area contributed by atoms with E-state index in [4.69, 9.17) is 4.74 Å². The van der Waals surface area contributed by atoms with Crippen LogP contribution in [-0.4, -0.2) is 25.5 Å². The predicted molar refractivity (Wildman–Crippen MR) is 101 cm³/mol. The summed E-state index contributed by atoms with van der Waals surface area (Å²) in [6.07, 6.45) is -4.49. The molecule has 2 aromatic rings. The van der Waals surface area contributed by atoms with Gasteiger partial charge in [0.05, 0.1) is 30.0 Å². The molecule has 0 bridgehead atoms. The molecular formula is C20H20F3N3O3. The highest BCUT2D eigenvalue weighted by molar-refractivity contribution is 6.01. The lowest BCUT2D eigenvalue weighted by molar-refractivity contribution is -0.137. The van der Waals surface area contributed by atoms with Gasteiger partial charge in [0, 0.05) is 13.0 Å². The summed E-state index contributed by atoms with van der Waals surface area (Å²) in [5.41, 5.74) is 5.65. The van der Waals surface area contributed by atoms with Crippen molar-refractivity contribution in [3.8, 4) is 5.75 Å². The number of halogens is 3. The van der Waals surface area contributed by atoms with Crippen molar-refractivity contribution in [1.82, 2.24) is 5.43 Å². The first-order valence-electron chi connectivity index (χ1n) is 8.87. The Morgan fingerprint density at radius 1 is 1.21 bits per heavy atom. The molecule has 154 valence electrons. The number of anilines is 2. The summed E-state index contributed by atoms with van der Waals surface area (Å²) in [7, 11) is 1.50. The Kier molecular flexibility index (Phi) is 5.67. The SMILES string of the molecule is COc1ccc(C)cc1N1CC(C(=O)NNc2cccc(C(F)(F)F)c2)CC1=O. The first kappa shape index (κ1) is 20.5. The van der Waals surface area contributed by atoms with E-state index in [1.807, 2.05) is 13.0 Å². The van der Waals surface area contributed by atoms with Crippen LogP contribution in [0.2, 0.25) is 0 Å². The number of benzene rings is 2. The number of nitrogens with one attached hydrogen (secondary N) is 2. The maximum atomic E-state index is 12.8. The Morgan fingerprint density at radius 3 is 2.66 bits per heavy atom. The van der Waals surface area contributed by atoms with Gasteiger partial charge in [-0.15, -0.1) is 0 Å². The van der Waals surface area contributed by atoms with Gasteiger partial charge in [0.15, 0.2) is 0 Å². The summed E-state index contributed by atoms with van der Waals surface area (Å²) in [5, 5.41) is 0. The molecule has 2 aromatic carbocycles. The van der Waals surface area contributed by atoms with Crippen molar-refractivity contribution < 1.29 is 27.5 Å². The molecule has 1 heterocycles. The minimum absolute atomic E-state index is 0.00675. The van der Waals surface area contributed by atoms with E-state index in [-0.39, 0.29) is 24.6 Å². The molecular weight excluding hydrogens is 387 g/mol. The molecule has 1 atom stereocenters. The molecule has 3 rings (SSSR count). The van der Waals surface area contributed by atoms with Crippen LogP contribution in [-0.2, 0) is 15.8 Å². The van der Waals surface area contributed by atoms with Crippen LogP contribution in [0, 0.1) is 12.8 Å². The Balaban J connectivity index is 1.66. The monoisotopic (exact) mass is 407 g/mol. The van der Waals surface area contributed by atoms with Crippen molar-refractivity contribution >= 4 is 23.2 Å². The molecule has 1 aliphatic heterocycles. The third kappa shape index (κ3) is 4.61. The van der Waals surface area contributed by atoms with Gasteiger partial charge < -0.3 is 9.64 Å². The number of methoxy groups -OCH3 is 1. The first-order chi connectivity index (χ1) is 13.7. The highest BCUT2D eigenvalue weighted by Crippen LogP contribution is 2.34. The van der Waals surface area contributed by atoms with Gasteiger partial charge in [0.1, 0.15) is 5.75 Å². The van der Waals surface area contributed by atoms with Crippen LogP contribution in [0.25, 0.3) is 0 Å². The lowest BCUT2D eigenvalue weighted by Gasteiger charge is -2.20. The molecule has 0 saturated carbocycles. The number of alkyl halides is 3. The number of hydrogen-bond acceptors (Lipinski definition) is 4. The van der Waals surface area contributed by atoms with Gasteiger partial charge in [-0.1, -0.05) is 12.1 Å². The third-order valence-corrected chi connectivity index (χ3v) is 4.64. The summed E-state index contributed by atoms with van der Waals surface area (Å²) < 4.78 is 43.6. The second-order valence-electron chi connectivity index (χ2n) is 6.77. The van der Waals surface area contributed by atoms with Crippen molar-refractivity contribution in [2.75, 3.05) is 24.0 Å². The molecule has 0 radical (unpaired) electrons. The second kappa shape index (κ2) is 8.02. The van der Waals surface area contributed by atoms with Crippen LogP contribution >= 0.6 is 0 Å². The van der Waals surface area contributed by atoms with E-state index in [1.165, 1.54) is 24.1 Å². The van der Waals surface area contributed by atoms with E-state index < -0.39 is 23.6 Å².